The minimum Gasteiger partial charge on any atom is -0.395 e. The molecule has 118 valence electrons. The van der Waals surface area contributed by atoms with Crippen molar-refractivity contribution in [3.63, 3.8) is 0 Å². The van der Waals surface area contributed by atoms with Crippen LogP contribution in [-0.4, -0.2) is 47.3 Å². The Hall–Kier alpha value is -2.36. The van der Waals surface area contributed by atoms with Gasteiger partial charge < -0.3 is 20.4 Å². The molecule has 0 aliphatic heterocycles. The fraction of sp³-hybridized carbons (Fsp3) is 0.375. The number of carbonyl (C=O) groups is 1. The Morgan fingerprint density at radius 3 is 2.41 bits per heavy atom. The molecule has 3 N–H and O–H groups in total. The number of rotatable bonds is 8. The molecule has 0 aromatic heterocycles. The van der Waals surface area contributed by atoms with Crippen molar-refractivity contribution in [3.05, 3.63) is 47.7 Å². The quantitative estimate of drug-likeness (QED) is 0.481. The Bertz CT molecular complexity index is 531. The molecule has 1 atom stereocenters. The van der Waals surface area contributed by atoms with Crippen LogP contribution in [0.1, 0.15) is 18.5 Å². The Morgan fingerprint density at radius 1 is 1.32 bits per heavy atom. The topological polar surface area (TPSA) is 96.6 Å². The molecule has 6 nitrogen and oxygen atoms in total. The van der Waals surface area contributed by atoms with Gasteiger partial charge in [0, 0.05) is 25.3 Å². The van der Waals surface area contributed by atoms with E-state index in [0.29, 0.717) is 0 Å². The van der Waals surface area contributed by atoms with Gasteiger partial charge in [0.15, 0.2) is 0 Å². The van der Waals surface area contributed by atoms with Crippen molar-refractivity contribution in [3.8, 4) is 6.07 Å². The summed E-state index contributed by atoms with van der Waals surface area (Å²) in [6.07, 6.45) is 1.38. The molecule has 0 saturated heterocycles. The molecule has 0 radical (unpaired) electrons. The minimum atomic E-state index is -0.515. The molecule has 0 fully saturated rings. The van der Waals surface area contributed by atoms with E-state index < -0.39 is 5.91 Å². The maximum absolute atomic E-state index is 12.2. The SMILES string of the molecule is CC(N/C=C(/C#N)C(=O)N(CCO)CCO)c1ccccc1. The Labute approximate surface area is 130 Å². The molecule has 0 aliphatic rings. The van der Waals surface area contributed by atoms with E-state index in [0.717, 1.165) is 5.56 Å². The molecule has 1 aromatic rings. The third-order valence-corrected chi connectivity index (χ3v) is 3.16. The van der Waals surface area contributed by atoms with E-state index in [4.69, 9.17) is 15.5 Å². The van der Waals surface area contributed by atoms with Crippen LogP contribution < -0.4 is 5.32 Å². The number of hydrogen-bond acceptors (Lipinski definition) is 5. The molecule has 1 amide bonds. The van der Waals surface area contributed by atoms with Crippen LogP contribution in [0, 0.1) is 11.3 Å². The van der Waals surface area contributed by atoms with Gasteiger partial charge in [0.05, 0.1) is 13.2 Å². The van der Waals surface area contributed by atoms with Crippen molar-refractivity contribution in [1.82, 2.24) is 10.2 Å². The summed E-state index contributed by atoms with van der Waals surface area (Å²) in [6.45, 7) is 1.63. The lowest BCUT2D eigenvalue weighted by Crippen LogP contribution is -2.37. The maximum atomic E-state index is 12.2. The highest BCUT2D eigenvalue weighted by atomic mass is 16.3. The normalized spacial score (nSPS) is 12.4. The van der Waals surface area contributed by atoms with Gasteiger partial charge in [-0.2, -0.15) is 5.26 Å². The molecule has 0 heterocycles. The Balaban J connectivity index is 2.77. The minimum absolute atomic E-state index is 0.0542. The number of nitriles is 1. The molecule has 1 aromatic carbocycles. The van der Waals surface area contributed by atoms with Crippen LogP contribution in [0.2, 0.25) is 0 Å². The van der Waals surface area contributed by atoms with Crippen LogP contribution in [0.4, 0.5) is 0 Å². The first-order valence-electron chi connectivity index (χ1n) is 7.06. The standard InChI is InChI=1S/C16H21N3O3/c1-13(14-5-3-2-4-6-14)18-12-15(11-17)16(22)19(7-9-20)8-10-21/h2-6,12-13,18,20-21H,7-10H2,1H3/b15-12-. The average molecular weight is 303 g/mol. The van der Waals surface area contributed by atoms with E-state index in [2.05, 4.69) is 5.32 Å². The highest BCUT2D eigenvalue weighted by Crippen LogP contribution is 2.11. The predicted molar refractivity (Wildman–Crippen MR) is 82.4 cm³/mol. The molecule has 0 saturated carbocycles. The Morgan fingerprint density at radius 2 is 1.91 bits per heavy atom. The van der Waals surface area contributed by atoms with Gasteiger partial charge in [-0.25, -0.2) is 0 Å². The van der Waals surface area contributed by atoms with Crippen LogP contribution in [0.5, 0.6) is 0 Å². The number of nitrogens with one attached hydrogen (secondary N) is 1. The second kappa shape index (κ2) is 9.55. The molecule has 1 rings (SSSR count). The second-order valence-corrected chi connectivity index (χ2v) is 4.71. The van der Waals surface area contributed by atoms with Crippen LogP contribution >= 0.6 is 0 Å². The van der Waals surface area contributed by atoms with Gasteiger partial charge in [-0.3, -0.25) is 4.79 Å². The molecular formula is C16H21N3O3. The van der Waals surface area contributed by atoms with Crippen molar-refractivity contribution in [2.24, 2.45) is 0 Å². The van der Waals surface area contributed by atoms with Crippen LogP contribution in [0.15, 0.2) is 42.1 Å². The van der Waals surface area contributed by atoms with E-state index >= 15 is 0 Å². The number of amides is 1. The number of carbonyl (C=O) groups excluding carboxylic acids is 1. The van der Waals surface area contributed by atoms with Crippen LogP contribution in [0.25, 0.3) is 0 Å². The number of aliphatic hydroxyl groups is 2. The van der Waals surface area contributed by atoms with Gasteiger partial charge in [-0.1, -0.05) is 30.3 Å². The molecular weight excluding hydrogens is 282 g/mol. The summed E-state index contributed by atoms with van der Waals surface area (Å²) in [6, 6.07) is 11.4. The van der Waals surface area contributed by atoms with Gasteiger partial charge >= 0.3 is 0 Å². The lowest BCUT2D eigenvalue weighted by atomic mass is 10.1. The smallest absolute Gasteiger partial charge is 0.266 e. The molecule has 0 aliphatic carbocycles. The monoisotopic (exact) mass is 303 g/mol. The van der Waals surface area contributed by atoms with Gasteiger partial charge in [0.1, 0.15) is 11.6 Å². The van der Waals surface area contributed by atoms with Crippen molar-refractivity contribution in [1.29, 1.82) is 5.26 Å². The van der Waals surface area contributed by atoms with E-state index in [9.17, 15) is 4.79 Å². The molecule has 6 heteroatoms. The summed E-state index contributed by atoms with van der Waals surface area (Å²) >= 11 is 0. The van der Waals surface area contributed by atoms with E-state index in [1.54, 1.807) is 0 Å². The van der Waals surface area contributed by atoms with Gasteiger partial charge in [-0.05, 0) is 12.5 Å². The highest BCUT2D eigenvalue weighted by molar-refractivity contribution is 5.97. The third-order valence-electron chi connectivity index (χ3n) is 3.16. The predicted octanol–water partition coefficient (Wildman–Crippen LogP) is 0.558. The zero-order chi connectivity index (χ0) is 16.4. The van der Waals surface area contributed by atoms with Crippen molar-refractivity contribution in [2.75, 3.05) is 26.3 Å². The molecule has 1 unspecified atom stereocenters. The summed E-state index contributed by atoms with van der Waals surface area (Å²) in [5, 5.41) is 30.0. The van der Waals surface area contributed by atoms with Crippen molar-refractivity contribution < 1.29 is 15.0 Å². The molecule has 0 spiro atoms. The van der Waals surface area contributed by atoms with Gasteiger partial charge in [-0.15, -0.1) is 0 Å². The first kappa shape index (κ1) is 17.7. The highest BCUT2D eigenvalue weighted by Gasteiger charge is 2.17. The average Bonchev–Trinajstić information content (AvgIpc) is 2.55. The summed E-state index contributed by atoms with van der Waals surface area (Å²) in [7, 11) is 0. The number of hydrogen-bond donors (Lipinski definition) is 3. The van der Waals surface area contributed by atoms with E-state index in [1.165, 1.54) is 11.1 Å². The zero-order valence-corrected chi connectivity index (χ0v) is 12.6. The second-order valence-electron chi connectivity index (χ2n) is 4.71. The van der Waals surface area contributed by atoms with Crippen LogP contribution in [-0.2, 0) is 4.79 Å². The largest absolute Gasteiger partial charge is 0.395 e. The summed E-state index contributed by atoms with van der Waals surface area (Å²) in [4.78, 5) is 13.4. The fourth-order valence-corrected chi connectivity index (χ4v) is 1.91. The number of nitrogens with zero attached hydrogens (tertiary/aromatic N) is 2. The maximum Gasteiger partial charge on any atom is 0.266 e. The van der Waals surface area contributed by atoms with Crippen LogP contribution in [0.3, 0.4) is 0 Å². The lowest BCUT2D eigenvalue weighted by Gasteiger charge is -2.20. The number of benzene rings is 1. The van der Waals surface area contributed by atoms with Gasteiger partial charge in [0.2, 0.25) is 0 Å². The van der Waals surface area contributed by atoms with Crippen molar-refractivity contribution >= 4 is 5.91 Å². The molecule has 0 bridgehead atoms. The summed E-state index contributed by atoms with van der Waals surface area (Å²) in [5.74, 6) is -0.515. The third kappa shape index (κ3) is 5.20. The van der Waals surface area contributed by atoms with Gasteiger partial charge in [0.25, 0.3) is 5.91 Å². The molecule has 22 heavy (non-hydrogen) atoms. The lowest BCUT2D eigenvalue weighted by molar-refractivity contribution is -0.127. The first-order valence-corrected chi connectivity index (χ1v) is 7.06. The van der Waals surface area contributed by atoms with E-state index in [1.807, 2.05) is 43.3 Å². The Kier molecular flexibility index (Phi) is 7.68. The van der Waals surface area contributed by atoms with Crippen molar-refractivity contribution in [2.45, 2.75) is 13.0 Å². The van der Waals surface area contributed by atoms with E-state index in [-0.39, 0.29) is 37.9 Å². The zero-order valence-electron chi connectivity index (χ0n) is 12.6. The first-order chi connectivity index (χ1) is 10.6. The number of aliphatic hydroxyl groups excluding tert-OH is 2. The fourth-order valence-electron chi connectivity index (χ4n) is 1.91. The summed E-state index contributed by atoms with van der Waals surface area (Å²) in [5.41, 5.74) is 0.968. The summed E-state index contributed by atoms with van der Waals surface area (Å²) < 4.78 is 0.